The summed E-state index contributed by atoms with van der Waals surface area (Å²) in [6, 6.07) is 4.99. The van der Waals surface area contributed by atoms with E-state index in [0.29, 0.717) is 5.69 Å². The van der Waals surface area contributed by atoms with Gasteiger partial charge in [0.25, 0.3) is 0 Å². The number of rotatable bonds is 8. The molecule has 0 bridgehead atoms. The van der Waals surface area contributed by atoms with E-state index in [2.05, 4.69) is 18.6 Å². The van der Waals surface area contributed by atoms with Crippen molar-refractivity contribution in [1.29, 1.82) is 0 Å². The monoisotopic (exact) mass is 298 g/mol. The van der Waals surface area contributed by atoms with Crippen molar-refractivity contribution in [2.24, 2.45) is 0 Å². The van der Waals surface area contributed by atoms with E-state index in [-0.39, 0.29) is 10.9 Å². The van der Waals surface area contributed by atoms with Crippen LogP contribution in [0.5, 0.6) is 0 Å². The maximum Gasteiger partial charge on any atom is 0.241 e. The van der Waals surface area contributed by atoms with E-state index in [9.17, 15) is 8.42 Å². The number of anilines is 1. The van der Waals surface area contributed by atoms with Crippen molar-refractivity contribution in [2.45, 2.75) is 63.8 Å². The highest BCUT2D eigenvalue weighted by Gasteiger charge is 2.21. The van der Waals surface area contributed by atoms with Crippen LogP contribution in [0.2, 0.25) is 0 Å². The van der Waals surface area contributed by atoms with Gasteiger partial charge in [0.05, 0.1) is 4.90 Å². The van der Waals surface area contributed by atoms with E-state index in [1.54, 1.807) is 19.1 Å². The number of hydrogen-bond donors (Lipinski definition) is 2. The number of nitrogens with one attached hydrogen (secondary N) is 1. The molecule has 0 radical (unpaired) electrons. The second kappa shape index (κ2) is 7.64. The average Bonchev–Trinajstić information content (AvgIpc) is 2.38. The summed E-state index contributed by atoms with van der Waals surface area (Å²) in [5, 5.41) is 0. The first-order valence-electron chi connectivity index (χ1n) is 7.29. The lowest BCUT2D eigenvalue weighted by atomic mass is 10.1. The number of aryl methyl sites for hydroxylation is 1. The minimum atomic E-state index is -3.50. The van der Waals surface area contributed by atoms with Crippen LogP contribution in [-0.4, -0.2) is 14.5 Å². The van der Waals surface area contributed by atoms with Crippen LogP contribution in [0.25, 0.3) is 0 Å². The van der Waals surface area contributed by atoms with E-state index in [0.717, 1.165) is 37.7 Å². The molecule has 20 heavy (non-hydrogen) atoms. The lowest BCUT2D eigenvalue weighted by Crippen LogP contribution is -2.35. The summed E-state index contributed by atoms with van der Waals surface area (Å²) in [4.78, 5) is 0.287. The molecule has 0 aliphatic carbocycles. The van der Waals surface area contributed by atoms with Crippen LogP contribution in [-0.2, 0) is 10.0 Å². The molecule has 0 amide bonds. The van der Waals surface area contributed by atoms with Crippen LogP contribution < -0.4 is 10.5 Å². The quantitative estimate of drug-likeness (QED) is 0.724. The normalized spacial score (nSPS) is 13.3. The highest BCUT2D eigenvalue weighted by atomic mass is 32.2. The molecule has 1 unspecified atom stereocenters. The maximum atomic E-state index is 12.5. The molecule has 0 spiro atoms. The molecule has 1 atom stereocenters. The molecule has 0 saturated heterocycles. The Labute approximate surface area is 122 Å². The molecular weight excluding hydrogens is 272 g/mol. The first-order valence-corrected chi connectivity index (χ1v) is 8.77. The fraction of sp³-hybridized carbons (Fsp3) is 0.600. The van der Waals surface area contributed by atoms with Crippen LogP contribution in [0.3, 0.4) is 0 Å². The van der Waals surface area contributed by atoms with Crippen molar-refractivity contribution in [1.82, 2.24) is 4.72 Å². The molecule has 1 rings (SSSR count). The molecule has 5 heteroatoms. The number of sulfonamides is 1. The van der Waals surface area contributed by atoms with E-state index < -0.39 is 10.0 Å². The van der Waals surface area contributed by atoms with Crippen molar-refractivity contribution in [3.63, 3.8) is 0 Å². The SMILES string of the molecule is CCCCC(CCC)NS(=O)(=O)c1cc(N)ccc1C. The van der Waals surface area contributed by atoms with Crippen LogP contribution in [0, 0.1) is 6.92 Å². The smallest absolute Gasteiger partial charge is 0.241 e. The van der Waals surface area contributed by atoms with Crippen molar-refractivity contribution < 1.29 is 8.42 Å². The zero-order valence-electron chi connectivity index (χ0n) is 12.6. The van der Waals surface area contributed by atoms with Gasteiger partial charge >= 0.3 is 0 Å². The van der Waals surface area contributed by atoms with Gasteiger partial charge in [-0.2, -0.15) is 0 Å². The number of benzene rings is 1. The summed E-state index contributed by atoms with van der Waals surface area (Å²) in [7, 11) is -3.50. The molecule has 1 aromatic carbocycles. The fourth-order valence-corrected chi connectivity index (χ4v) is 3.83. The van der Waals surface area contributed by atoms with Gasteiger partial charge in [-0.1, -0.05) is 39.2 Å². The second-order valence-electron chi connectivity index (χ2n) is 5.27. The first-order chi connectivity index (χ1) is 9.40. The largest absolute Gasteiger partial charge is 0.399 e. The van der Waals surface area contributed by atoms with Crippen LogP contribution in [0.4, 0.5) is 5.69 Å². The Kier molecular flexibility index (Phi) is 6.49. The van der Waals surface area contributed by atoms with Crippen LogP contribution in [0.1, 0.15) is 51.5 Å². The lowest BCUT2D eigenvalue weighted by Gasteiger charge is -2.19. The molecule has 0 aliphatic heterocycles. The number of nitrogens with two attached hydrogens (primary N) is 1. The summed E-state index contributed by atoms with van der Waals surface area (Å²) in [6.45, 7) is 5.97. The minimum Gasteiger partial charge on any atom is -0.399 e. The molecule has 3 N–H and O–H groups in total. The Balaban J connectivity index is 2.93. The topological polar surface area (TPSA) is 72.2 Å². The van der Waals surface area contributed by atoms with Crippen LogP contribution >= 0.6 is 0 Å². The predicted octanol–water partition coefficient (Wildman–Crippen LogP) is 3.21. The highest BCUT2D eigenvalue weighted by Crippen LogP contribution is 2.20. The third-order valence-corrected chi connectivity index (χ3v) is 5.03. The third kappa shape index (κ3) is 4.80. The van der Waals surface area contributed by atoms with Gasteiger partial charge in [-0.25, -0.2) is 13.1 Å². The van der Waals surface area contributed by atoms with Gasteiger partial charge in [0, 0.05) is 11.7 Å². The molecule has 4 nitrogen and oxygen atoms in total. The van der Waals surface area contributed by atoms with Gasteiger partial charge in [-0.05, 0) is 37.5 Å². The predicted molar refractivity (Wildman–Crippen MR) is 84.1 cm³/mol. The summed E-state index contributed by atoms with van der Waals surface area (Å²) < 4.78 is 27.8. The molecule has 0 aromatic heterocycles. The average molecular weight is 298 g/mol. The molecular formula is C15H26N2O2S. The van der Waals surface area contributed by atoms with E-state index in [1.165, 1.54) is 6.07 Å². The van der Waals surface area contributed by atoms with Gasteiger partial charge in [-0.15, -0.1) is 0 Å². The van der Waals surface area contributed by atoms with Crippen molar-refractivity contribution >= 4 is 15.7 Å². The fourth-order valence-electron chi connectivity index (χ4n) is 2.25. The standard InChI is InChI=1S/C15H26N2O2S/c1-4-6-8-14(7-5-2)17-20(18,19)15-11-13(16)10-9-12(15)3/h9-11,14,17H,4-8,16H2,1-3H3. The Morgan fingerprint density at radius 1 is 1.20 bits per heavy atom. The van der Waals surface area contributed by atoms with Crippen molar-refractivity contribution in [3.05, 3.63) is 23.8 Å². The molecule has 0 aliphatic rings. The Bertz CT molecular complexity index is 527. The van der Waals surface area contributed by atoms with Gasteiger partial charge in [0.2, 0.25) is 10.0 Å². The van der Waals surface area contributed by atoms with Crippen LogP contribution in [0.15, 0.2) is 23.1 Å². The molecule has 0 fully saturated rings. The highest BCUT2D eigenvalue weighted by molar-refractivity contribution is 7.89. The van der Waals surface area contributed by atoms with Crippen molar-refractivity contribution in [3.8, 4) is 0 Å². The van der Waals surface area contributed by atoms with Gasteiger partial charge in [0.15, 0.2) is 0 Å². The first kappa shape index (κ1) is 17.0. The zero-order chi connectivity index (χ0) is 15.2. The Morgan fingerprint density at radius 2 is 1.90 bits per heavy atom. The third-order valence-electron chi connectivity index (χ3n) is 3.37. The van der Waals surface area contributed by atoms with E-state index in [1.807, 2.05) is 0 Å². The van der Waals surface area contributed by atoms with Gasteiger partial charge in [0.1, 0.15) is 0 Å². The molecule has 1 aromatic rings. The minimum absolute atomic E-state index is 0.00535. The molecule has 114 valence electrons. The Hall–Kier alpha value is -1.07. The zero-order valence-corrected chi connectivity index (χ0v) is 13.5. The summed E-state index contributed by atoms with van der Waals surface area (Å²) in [5.74, 6) is 0. The Morgan fingerprint density at radius 3 is 2.50 bits per heavy atom. The number of hydrogen-bond acceptors (Lipinski definition) is 3. The molecule has 0 heterocycles. The van der Waals surface area contributed by atoms with Gasteiger partial charge < -0.3 is 5.73 Å². The number of unbranched alkanes of at least 4 members (excludes halogenated alkanes) is 1. The second-order valence-corrected chi connectivity index (χ2v) is 6.96. The summed E-state index contributed by atoms with van der Waals surface area (Å²) in [5.41, 5.74) is 6.89. The van der Waals surface area contributed by atoms with Crippen molar-refractivity contribution in [2.75, 3.05) is 5.73 Å². The van der Waals surface area contributed by atoms with E-state index in [4.69, 9.17) is 5.73 Å². The van der Waals surface area contributed by atoms with E-state index >= 15 is 0 Å². The lowest BCUT2D eigenvalue weighted by molar-refractivity contribution is 0.483. The summed E-state index contributed by atoms with van der Waals surface area (Å²) >= 11 is 0. The molecule has 0 saturated carbocycles. The summed E-state index contributed by atoms with van der Waals surface area (Å²) in [6.07, 6.45) is 4.81. The van der Waals surface area contributed by atoms with Gasteiger partial charge in [-0.3, -0.25) is 0 Å². The maximum absolute atomic E-state index is 12.5. The number of nitrogen functional groups attached to an aromatic ring is 1.